The van der Waals surface area contributed by atoms with Gasteiger partial charge in [0.15, 0.2) is 0 Å². The Bertz CT molecular complexity index is 208. The maximum Gasteiger partial charge on any atom is 0.0876 e. The molecule has 0 aliphatic carbocycles. The van der Waals surface area contributed by atoms with Gasteiger partial charge in [0.25, 0.3) is 0 Å². The Morgan fingerprint density at radius 2 is 1.40 bits per heavy atom. The molecule has 0 spiro atoms. The monoisotopic (exact) mass is 136 g/mol. The molecule has 6 heteroatoms. The van der Waals surface area contributed by atoms with E-state index in [1.54, 1.807) is 0 Å². The zero-order chi connectivity index (χ0) is 7.66. The lowest BCUT2D eigenvalue weighted by Crippen LogP contribution is -1.71. The first kappa shape index (κ1) is 8.18. The van der Waals surface area contributed by atoms with Gasteiger partial charge in [-0.15, -0.1) is 0 Å². The number of nitrogens with zero attached hydrogens (tertiary/aromatic N) is 6. The van der Waals surface area contributed by atoms with Crippen molar-refractivity contribution in [2.45, 2.75) is 0 Å². The van der Waals surface area contributed by atoms with Crippen molar-refractivity contribution in [1.82, 2.24) is 0 Å². The van der Waals surface area contributed by atoms with Crippen LogP contribution in [-0.2, 0) is 0 Å². The van der Waals surface area contributed by atoms with Crippen LogP contribution in [0.2, 0.25) is 0 Å². The third kappa shape index (κ3) is 6.18. The van der Waals surface area contributed by atoms with E-state index < -0.39 is 0 Å². The van der Waals surface area contributed by atoms with Gasteiger partial charge in [0.1, 0.15) is 0 Å². The topological polar surface area (TPSA) is 97.5 Å². The van der Waals surface area contributed by atoms with Crippen LogP contribution in [0.5, 0.6) is 0 Å². The highest BCUT2D eigenvalue weighted by Gasteiger charge is 1.67. The van der Waals surface area contributed by atoms with E-state index >= 15 is 0 Å². The van der Waals surface area contributed by atoms with Gasteiger partial charge >= 0.3 is 0 Å². The summed E-state index contributed by atoms with van der Waals surface area (Å²) in [5, 5.41) is 6.28. The lowest BCUT2D eigenvalue weighted by Gasteiger charge is -1.69. The molecule has 6 nitrogen and oxygen atoms in total. The molecule has 0 aromatic rings. The molecule has 0 radical (unpaired) electrons. The van der Waals surface area contributed by atoms with Crippen LogP contribution < -0.4 is 0 Å². The molecule has 0 aliphatic rings. The molecule has 50 valence electrons. The van der Waals surface area contributed by atoms with Gasteiger partial charge in [-0.1, -0.05) is 22.1 Å². The summed E-state index contributed by atoms with van der Waals surface area (Å²) in [4.78, 5) is 4.95. The smallest absolute Gasteiger partial charge is 0.0876 e. The molecule has 0 rings (SSSR count). The van der Waals surface area contributed by atoms with Crippen molar-refractivity contribution in [3.63, 3.8) is 0 Å². The molecule has 0 unspecified atom stereocenters. The van der Waals surface area contributed by atoms with Crippen molar-refractivity contribution in [3.05, 3.63) is 20.9 Å². The van der Waals surface area contributed by atoms with E-state index in [4.69, 9.17) is 11.1 Å². The molecule has 0 atom stereocenters. The Morgan fingerprint density at radius 3 is 1.70 bits per heavy atom. The van der Waals surface area contributed by atoms with Crippen LogP contribution in [0.25, 0.3) is 20.9 Å². The molecular formula is C4H4N6. The molecule has 0 aromatic carbocycles. The van der Waals surface area contributed by atoms with E-state index in [1.165, 1.54) is 0 Å². The maximum absolute atomic E-state index is 7.78. The van der Waals surface area contributed by atoms with Crippen molar-refractivity contribution >= 4 is 0 Å². The summed E-state index contributed by atoms with van der Waals surface area (Å²) in [5.41, 5.74) is 15.6. The zero-order valence-electron chi connectivity index (χ0n) is 5.10. The van der Waals surface area contributed by atoms with Crippen molar-refractivity contribution in [3.8, 4) is 11.8 Å². The number of hydrogen-bond acceptors (Lipinski definition) is 2. The molecule has 0 amide bonds. The van der Waals surface area contributed by atoms with Crippen LogP contribution in [0.4, 0.5) is 0 Å². The Kier molecular flexibility index (Phi) is 5.87. The Hall–Kier alpha value is -1.82. The van der Waals surface area contributed by atoms with Gasteiger partial charge in [-0.25, -0.2) is 0 Å². The third-order valence-electron chi connectivity index (χ3n) is 0.551. The highest BCUT2D eigenvalue weighted by Crippen LogP contribution is 1.69. The number of hydrogen-bond donors (Lipinski definition) is 0. The Morgan fingerprint density at radius 1 is 1.00 bits per heavy atom. The average Bonchev–Trinajstić information content (AvgIpc) is 1.97. The SMILES string of the molecule is [N-]=[N+]=NCC#CCN=[N+]=[N-]. The van der Waals surface area contributed by atoms with Crippen molar-refractivity contribution < 1.29 is 0 Å². The summed E-state index contributed by atoms with van der Waals surface area (Å²) in [6.45, 7) is 0.245. The molecule has 0 saturated carbocycles. The van der Waals surface area contributed by atoms with E-state index in [0.717, 1.165) is 0 Å². The van der Waals surface area contributed by atoms with Crippen LogP contribution in [0.1, 0.15) is 0 Å². The summed E-state index contributed by atoms with van der Waals surface area (Å²) < 4.78 is 0. The predicted octanol–water partition coefficient (Wildman–Crippen LogP) is 1.61. The first-order valence-electron chi connectivity index (χ1n) is 2.39. The van der Waals surface area contributed by atoms with E-state index in [1.807, 2.05) is 0 Å². The molecule has 0 fully saturated rings. The normalized spacial score (nSPS) is 6.00. The van der Waals surface area contributed by atoms with Crippen LogP contribution in [0.15, 0.2) is 10.2 Å². The van der Waals surface area contributed by atoms with E-state index in [-0.39, 0.29) is 13.1 Å². The zero-order valence-corrected chi connectivity index (χ0v) is 5.10. The lowest BCUT2D eigenvalue weighted by atomic mass is 10.6. The summed E-state index contributed by atoms with van der Waals surface area (Å²) in [5.74, 6) is 4.97. The fourth-order valence-corrected chi connectivity index (χ4v) is 0.246. The quantitative estimate of drug-likeness (QED) is 0.238. The fraction of sp³-hybridized carbons (Fsp3) is 0.500. The molecule has 0 aromatic heterocycles. The lowest BCUT2D eigenvalue weighted by molar-refractivity contribution is 1.22. The van der Waals surface area contributed by atoms with Gasteiger partial charge < -0.3 is 0 Å². The first-order valence-corrected chi connectivity index (χ1v) is 2.39. The minimum Gasteiger partial charge on any atom is -0.0972 e. The van der Waals surface area contributed by atoms with Gasteiger partial charge in [-0.05, 0) is 11.1 Å². The van der Waals surface area contributed by atoms with Crippen molar-refractivity contribution in [2.24, 2.45) is 10.2 Å². The minimum atomic E-state index is 0.122. The van der Waals surface area contributed by atoms with Gasteiger partial charge in [0.05, 0.1) is 13.1 Å². The highest BCUT2D eigenvalue weighted by molar-refractivity contribution is 5.02. The number of azide groups is 2. The van der Waals surface area contributed by atoms with Crippen LogP contribution >= 0.6 is 0 Å². The molecule has 0 saturated heterocycles. The number of rotatable bonds is 2. The van der Waals surface area contributed by atoms with Crippen molar-refractivity contribution in [1.29, 1.82) is 0 Å². The van der Waals surface area contributed by atoms with Crippen LogP contribution in [0, 0.1) is 11.8 Å². The summed E-state index contributed by atoms with van der Waals surface area (Å²) in [6, 6.07) is 0. The molecule has 0 bridgehead atoms. The second kappa shape index (κ2) is 7.18. The minimum absolute atomic E-state index is 0.122. The summed E-state index contributed by atoms with van der Waals surface area (Å²) >= 11 is 0. The largest absolute Gasteiger partial charge is 0.0972 e. The van der Waals surface area contributed by atoms with E-state index in [2.05, 4.69) is 31.9 Å². The molecular weight excluding hydrogens is 132 g/mol. The molecule has 0 N–H and O–H groups in total. The van der Waals surface area contributed by atoms with Gasteiger partial charge in [-0.3, -0.25) is 0 Å². The van der Waals surface area contributed by atoms with Crippen LogP contribution in [-0.4, -0.2) is 13.1 Å². The van der Waals surface area contributed by atoms with Crippen LogP contribution in [0.3, 0.4) is 0 Å². The fourth-order valence-electron chi connectivity index (χ4n) is 0.246. The third-order valence-corrected chi connectivity index (χ3v) is 0.551. The first-order chi connectivity index (χ1) is 4.91. The second-order valence-corrected chi connectivity index (χ2v) is 1.13. The second-order valence-electron chi connectivity index (χ2n) is 1.13. The Labute approximate surface area is 57.1 Å². The molecule has 10 heavy (non-hydrogen) atoms. The van der Waals surface area contributed by atoms with Gasteiger partial charge in [0.2, 0.25) is 0 Å². The Balaban J connectivity index is 3.49. The standard InChI is InChI=1S/C4H4N6/c5-9-7-3-1-2-4-8-10-6/h3-4H2. The van der Waals surface area contributed by atoms with Crippen molar-refractivity contribution in [2.75, 3.05) is 13.1 Å². The molecule has 0 aliphatic heterocycles. The van der Waals surface area contributed by atoms with E-state index in [0.29, 0.717) is 0 Å². The summed E-state index contributed by atoms with van der Waals surface area (Å²) in [6.07, 6.45) is 0. The van der Waals surface area contributed by atoms with Gasteiger partial charge in [0, 0.05) is 9.82 Å². The summed E-state index contributed by atoms with van der Waals surface area (Å²) in [7, 11) is 0. The highest BCUT2D eigenvalue weighted by atomic mass is 15.1. The molecule has 0 heterocycles. The maximum atomic E-state index is 7.78. The average molecular weight is 136 g/mol. The predicted molar refractivity (Wildman–Crippen MR) is 35.8 cm³/mol. The van der Waals surface area contributed by atoms with E-state index in [9.17, 15) is 0 Å². The van der Waals surface area contributed by atoms with Gasteiger partial charge in [-0.2, -0.15) is 0 Å².